The third-order valence-corrected chi connectivity index (χ3v) is 6.10. The number of nitrogens with one attached hydrogen (secondary N) is 4. The van der Waals surface area contributed by atoms with E-state index < -0.39 is 84.4 Å². The first-order valence-corrected chi connectivity index (χ1v) is 13.1. The lowest BCUT2D eigenvalue weighted by Gasteiger charge is -2.26. The number of halogens is 2. The number of phenols is 2. The molecule has 15 nitrogen and oxygen atoms in total. The quantitative estimate of drug-likeness (QED) is 0.134. The first-order valence-electron chi connectivity index (χ1n) is 12.3. The lowest BCUT2D eigenvalue weighted by molar-refractivity contribution is -0.160. The average Bonchev–Trinajstić information content (AvgIpc) is 2.93. The zero-order chi connectivity index (χ0) is 32.4. The van der Waals surface area contributed by atoms with E-state index in [0.717, 1.165) is 26.0 Å². The normalized spacial score (nSPS) is 13.4. The van der Waals surface area contributed by atoms with Crippen LogP contribution in [0.1, 0.15) is 34.6 Å². The van der Waals surface area contributed by atoms with Gasteiger partial charge in [-0.3, -0.25) is 19.2 Å². The van der Waals surface area contributed by atoms with Gasteiger partial charge in [0.15, 0.2) is 12.1 Å². The number of carboxylic acid groups (broad SMARTS) is 1. The minimum absolute atomic E-state index is 0.142. The molecule has 0 radical (unpaired) electrons. The number of carbonyl (C=O) groups excluding carboxylic acids is 5. The summed E-state index contributed by atoms with van der Waals surface area (Å²) in [6.07, 6.45) is -3.07. The topological polar surface area (TPSA) is 241 Å². The zero-order valence-corrected chi connectivity index (χ0v) is 24.1. The van der Waals surface area contributed by atoms with E-state index in [1.54, 1.807) is 0 Å². The number of hydrogen-bond donors (Lipinski definition) is 8. The minimum Gasteiger partial charge on any atom is -0.507 e. The molecule has 0 unspecified atom stereocenters. The molecular formula is C26H28Cl2N4O11. The molecule has 43 heavy (non-hydrogen) atoms. The van der Waals surface area contributed by atoms with Gasteiger partial charge in [-0.25, -0.2) is 9.59 Å². The van der Waals surface area contributed by atoms with Gasteiger partial charge in [-0.1, -0.05) is 23.2 Å². The molecular weight excluding hydrogens is 615 g/mol. The number of ether oxygens (including phenoxy) is 1. The number of benzene rings is 2. The molecule has 8 N–H and O–H groups in total. The highest BCUT2D eigenvalue weighted by molar-refractivity contribution is 6.31. The van der Waals surface area contributed by atoms with Crippen LogP contribution in [0.4, 0.5) is 0 Å². The Morgan fingerprint density at radius 2 is 1.19 bits per heavy atom. The maximum Gasteiger partial charge on any atom is 0.331 e. The Morgan fingerprint density at radius 1 is 0.767 bits per heavy atom. The third kappa shape index (κ3) is 10.3. The summed E-state index contributed by atoms with van der Waals surface area (Å²) in [5.41, 5.74) is -0.449. The number of aliphatic hydroxyl groups is 1. The summed E-state index contributed by atoms with van der Waals surface area (Å²) in [6, 6.07) is 3.81. The molecule has 2 aromatic rings. The highest BCUT2D eigenvalue weighted by Gasteiger charge is 2.34. The van der Waals surface area contributed by atoms with Crippen molar-refractivity contribution in [2.24, 2.45) is 0 Å². The lowest BCUT2D eigenvalue weighted by Crippen LogP contribution is -2.55. The molecule has 0 spiro atoms. The molecule has 0 aliphatic heterocycles. The summed E-state index contributed by atoms with van der Waals surface area (Å²) >= 11 is 11.6. The maximum atomic E-state index is 12.7. The minimum atomic E-state index is -1.82. The van der Waals surface area contributed by atoms with Gasteiger partial charge in [0.25, 0.3) is 11.8 Å². The van der Waals surface area contributed by atoms with Crippen LogP contribution in [0.25, 0.3) is 0 Å². The Balaban J connectivity index is 1.95. The number of aromatic hydroxyl groups is 2. The number of phenolic OH excluding ortho intramolecular Hbond substituents is 2. The number of carboxylic acids is 1. The zero-order valence-electron chi connectivity index (χ0n) is 22.6. The van der Waals surface area contributed by atoms with Gasteiger partial charge < -0.3 is 46.4 Å². The second-order valence-corrected chi connectivity index (χ2v) is 9.87. The van der Waals surface area contributed by atoms with Gasteiger partial charge in [0.2, 0.25) is 11.8 Å². The van der Waals surface area contributed by atoms with Crippen LogP contribution >= 0.6 is 23.2 Å². The van der Waals surface area contributed by atoms with Crippen molar-refractivity contribution in [1.82, 2.24) is 21.3 Å². The van der Waals surface area contributed by atoms with Crippen LogP contribution < -0.4 is 21.3 Å². The number of esters is 1. The second-order valence-electron chi connectivity index (χ2n) is 9.00. The van der Waals surface area contributed by atoms with E-state index in [1.807, 2.05) is 0 Å². The fraction of sp³-hybridized carbons (Fsp3) is 0.308. The Hall–Kier alpha value is -4.60. The third-order valence-electron chi connectivity index (χ3n) is 5.63. The number of rotatable bonds is 13. The van der Waals surface area contributed by atoms with E-state index in [1.165, 1.54) is 24.3 Å². The van der Waals surface area contributed by atoms with Crippen LogP contribution in [0.3, 0.4) is 0 Å². The molecule has 232 valence electrons. The van der Waals surface area contributed by atoms with Crippen molar-refractivity contribution in [3.05, 3.63) is 57.6 Å². The Bertz CT molecular complexity index is 1400. The molecule has 0 saturated carbocycles. The van der Waals surface area contributed by atoms with Crippen molar-refractivity contribution in [2.45, 2.75) is 38.1 Å². The van der Waals surface area contributed by atoms with Gasteiger partial charge in [-0.05, 0) is 50.2 Å². The maximum absolute atomic E-state index is 12.7. The number of carbonyl (C=O) groups is 6. The van der Waals surface area contributed by atoms with Crippen molar-refractivity contribution in [1.29, 1.82) is 0 Å². The standard InChI is InChI=1S/C26H28Cl2N4O11/c1-11(33)21(31-19(36)9-29-23(38)15-7-13(27)3-5-17(15)34)26(42)43-12(2)22(25(40)41)32-20(37)10-30-24(39)16-8-14(28)4-6-18(16)35/h3-8,11-12,21-22,33-35H,9-10H2,1-2H3,(H,29,38)(H,30,39)(H,31,36)(H,32,37)(H,40,41)/t11-,12-,21+,22+/m1/s1. The van der Waals surface area contributed by atoms with Crippen LogP contribution in [-0.4, -0.2) is 93.4 Å². The van der Waals surface area contributed by atoms with Gasteiger partial charge >= 0.3 is 11.9 Å². The van der Waals surface area contributed by atoms with E-state index in [4.69, 9.17) is 27.9 Å². The summed E-state index contributed by atoms with van der Waals surface area (Å²) in [5.74, 6) is -7.37. The second kappa shape index (κ2) is 15.6. The molecule has 2 rings (SSSR count). The fourth-order valence-electron chi connectivity index (χ4n) is 3.42. The molecule has 0 aliphatic carbocycles. The number of aliphatic carboxylic acids is 1. The number of hydrogen-bond acceptors (Lipinski definition) is 10. The molecule has 0 aliphatic rings. The van der Waals surface area contributed by atoms with Crippen LogP contribution in [0.2, 0.25) is 10.0 Å². The van der Waals surface area contributed by atoms with E-state index in [0.29, 0.717) is 0 Å². The van der Waals surface area contributed by atoms with Gasteiger partial charge in [0, 0.05) is 10.0 Å². The molecule has 0 bridgehead atoms. The van der Waals surface area contributed by atoms with E-state index in [-0.39, 0.29) is 21.2 Å². The van der Waals surface area contributed by atoms with Crippen LogP contribution in [0, 0.1) is 0 Å². The van der Waals surface area contributed by atoms with Crippen molar-refractivity contribution in [3.63, 3.8) is 0 Å². The Kier molecular flexibility index (Phi) is 12.5. The molecule has 0 heterocycles. The van der Waals surface area contributed by atoms with Crippen molar-refractivity contribution < 1.29 is 53.9 Å². The molecule has 0 fully saturated rings. The smallest absolute Gasteiger partial charge is 0.331 e. The Labute approximate surface area is 254 Å². The highest BCUT2D eigenvalue weighted by Crippen LogP contribution is 2.22. The lowest BCUT2D eigenvalue weighted by atomic mass is 10.1. The molecule has 0 saturated heterocycles. The van der Waals surface area contributed by atoms with Gasteiger partial charge in [-0.15, -0.1) is 0 Å². The average molecular weight is 643 g/mol. The van der Waals surface area contributed by atoms with Crippen LogP contribution in [0.5, 0.6) is 11.5 Å². The molecule has 4 atom stereocenters. The molecule has 17 heteroatoms. The van der Waals surface area contributed by atoms with E-state index >= 15 is 0 Å². The van der Waals surface area contributed by atoms with Crippen LogP contribution in [0.15, 0.2) is 36.4 Å². The Morgan fingerprint density at radius 3 is 1.58 bits per heavy atom. The number of aliphatic hydroxyl groups excluding tert-OH is 1. The van der Waals surface area contributed by atoms with Crippen molar-refractivity contribution >= 4 is 58.8 Å². The summed E-state index contributed by atoms with van der Waals surface area (Å²) in [5, 5.41) is 48.0. The highest BCUT2D eigenvalue weighted by atomic mass is 35.5. The predicted molar refractivity (Wildman–Crippen MR) is 150 cm³/mol. The largest absolute Gasteiger partial charge is 0.507 e. The summed E-state index contributed by atoms with van der Waals surface area (Å²) in [6.45, 7) is 0.845. The van der Waals surface area contributed by atoms with Gasteiger partial charge in [0.1, 0.15) is 17.6 Å². The summed E-state index contributed by atoms with van der Waals surface area (Å²) in [4.78, 5) is 73.6. The number of amides is 4. The molecule has 2 aromatic carbocycles. The fourth-order valence-corrected chi connectivity index (χ4v) is 3.77. The van der Waals surface area contributed by atoms with E-state index in [2.05, 4.69) is 21.3 Å². The first kappa shape index (κ1) is 34.6. The van der Waals surface area contributed by atoms with Crippen LogP contribution in [-0.2, 0) is 23.9 Å². The molecule has 0 aromatic heterocycles. The van der Waals surface area contributed by atoms with Gasteiger partial charge in [0.05, 0.1) is 30.3 Å². The SMILES string of the molecule is C[C@@H](O)[C@H](NC(=O)CNC(=O)c1cc(Cl)ccc1O)C(=O)O[C@H](C)[C@H](NC(=O)CNC(=O)c1cc(Cl)ccc1O)C(=O)O. The van der Waals surface area contributed by atoms with Crippen molar-refractivity contribution in [3.8, 4) is 11.5 Å². The first-order chi connectivity index (χ1) is 20.1. The van der Waals surface area contributed by atoms with E-state index in [9.17, 15) is 49.2 Å². The monoisotopic (exact) mass is 642 g/mol. The molecule has 4 amide bonds. The predicted octanol–water partition coefficient (Wildman–Crippen LogP) is -0.0689. The van der Waals surface area contributed by atoms with Gasteiger partial charge in [-0.2, -0.15) is 0 Å². The van der Waals surface area contributed by atoms with Crippen molar-refractivity contribution in [2.75, 3.05) is 13.1 Å². The summed E-state index contributed by atoms with van der Waals surface area (Å²) < 4.78 is 5.07. The summed E-state index contributed by atoms with van der Waals surface area (Å²) in [7, 11) is 0.